The number of nitrogens with one attached hydrogen (secondary N) is 1. The van der Waals surface area contributed by atoms with Crippen molar-refractivity contribution in [2.75, 3.05) is 19.4 Å². The van der Waals surface area contributed by atoms with Crippen LogP contribution in [0.1, 0.15) is 11.3 Å². The maximum atomic E-state index is 11.9. The van der Waals surface area contributed by atoms with E-state index in [-0.39, 0.29) is 5.09 Å². The fourth-order valence-corrected chi connectivity index (χ4v) is 2.47. The highest BCUT2D eigenvalue weighted by atomic mass is 32.2. The lowest BCUT2D eigenvalue weighted by Crippen LogP contribution is -2.21. The molecule has 0 bridgehead atoms. The molecule has 0 unspecified atom stereocenters. The molecule has 1 aromatic carbocycles. The largest absolute Gasteiger partial charge is 0.446 e. The van der Waals surface area contributed by atoms with Gasteiger partial charge in [0.05, 0.1) is 18.2 Å². The first kappa shape index (κ1) is 15.1. The average molecular weight is 305 g/mol. The molecule has 0 aliphatic rings. The first-order chi connectivity index (χ1) is 9.93. The van der Waals surface area contributed by atoms with E-state index in [4.69, 9.17) is 9.68 Å². The van der Waals surface area contributed by atoms with Gasteiger partial charge < -0.3 is 9.73 Å². The van der Waals surface area contributed by atoms with Crippen molar-refractivity contribution in [2.45, 2.75) is 11.6 Å². The van der Waals surface area contributed by atoms with Crippen LogP contribution in [0.4, 0.5) is 5.69 Å². The molecular weight excluding hydrogens is 290 g/mol. The van der Waals surface area contributed by atoms with Crippen LogP contribution in [0.5, 0.6) is 0 Å². The molecule has 21 heavy (non-hydrogen) atoms. The molecule has 2 aromatic rings. The molecule has 0 atom stereocenters. The van der Waals surface area contributed by atoms with E-state index in [1.807, 2.05) is 6.07 Å². The molecule has 0 saturated heterocycles. The Morgan fingerprint density at radius 1 is 1.29 bits per heavy atom. The highest BCUT2D eigenvalue weighted by Crippen LogP contribution is 2.18. The van der Waals surface area contributed by atoms with Gasteiger partial charge >= 0.3 is 0 Å². The van der Waals surface area contributed by atoms with Crippen LogP contribution in [0.15, 0.2) is 45.9 Å². The average Bonchev–Trinajstić information content (AvgIpc) is 2.94. The topological polar surface area (TPSA) is 86.3 Å². The molecule has 6 nitrogen and oxygen atoms in total. The van der Waals surface area contributed by atoms with Gasteiger partial charge in [-0.3, -0.25) is 0 Å². The van der Waals surface area contributed by atoms with Gasteiger partial charge in [0.25, 0.3) is 10.0 Å². The third-order valence-electron chi connectivity index (χ3n) is 2.83. The Morgan fingerprint density at radius 3 is 2.71 bits per heavy atom. The minimum absolute atomic E-state index is 0.0879. The summed E-state index contributed by atoms with van der Waals surface area (Å²) in [5.41, 5.74) is 1.32. The Balaban J connectivity index is 2.09. The Bertz CT molecular complexity index is 773. The van der Waals surface area contributed by atoms with Crippen LogP contribution >= 0.6 is 0 Å². The maximum absolute atomic E-state index is 11.9. The van der Waals surface area contributed by atoms with Crippen LogP contribution in [0.2, 0.25) is 0 Å². The molecule has 0 amide bonds. The number of nitrogens with zero attached hydrogens (tertiary/aromatic N) is 2. The number of sulfonamides is 1. The van der Waals surface area contributed by atoms with E-state index in [2.05, 4.69) is 11.4 Å². The zero-order valence-corrected chi connectivity index (χ0v) is 12.5. The van der Waals surface area contributed by atoms with Crippen molar-refractivity contribution in [1.29, 1.82) is 5.26 Å². The van der Waals surface area contributed by atoms with E-state index in [1.54, 1.807) is 24.3 Å². The molecule has 0 radical (unpaired) electrons. The third kappa shape index (κ3) is 3.42. The maximum Gasteiger partial charge on any atom is 0.275 e. The monoisotopic (exact) mass is 305 g/mol. The number of nitriles is 1. The van der Waals surface area contributed by atoms with E-state index >= 15 is 0 Å². The van der Waals surface area contributed by atoms with E-state index < -0.39 is 10.0 Å². The van der Waals surface area contributed by atoms with E-state index in [0.717, 1.165) is 9.99 Å². The normalized spacial score (nSPS) is 11.3. The quantitative estimate of drug-likeness (QED) is 0.913. The minimum Gasteiger partial charge on any atom is -0.446 e. The van der Waals surface area contributed by atoms with Gasteiger partial charge in [0, 0.05) is 19.8 Å². The summed E-state index contributed by atoms with van der Waals surface area (Å²) in [5.74, 6) is 0.498. The van der Waals surface area contributed by atoms with E-state index in [0.29, 0.717) is 17.9 Å². The predicted octanol–water partition coefficient (Wildman–Crippen LogP) is 2.01. The van der Waals surface area contributed by atoms with Crippen LogP contribution in [0.25, 0.3) is 0 Å². The second-order valence-corrected chi connectivity index (χ2v) is 6.64. The zero-order chi connectivity index (χ0) is 15.5. The number of furan rings is 1. The molecule has 0 aliphatic heterocycles. The predicted molar refractivity (Wildman–Crippen MR) is 78.1 cm³/mol. The fraction of sp³-hybridized carbons (Fsp3) is 0.214. The van der Waals surface area contributed by atoms with Gasteiger partial charge in [0.2, 0.25) is 5.09 Å². The van der Waals surface area contributed by atoms with Crippen molar-refractivity contribution in [3.8, 4) is 6.07 Å². The number of anilines is 1. The van der Waals surface area contributed by atoms with Gasteiger partial charge in [-0.2, -0.15) is 5.26 Å². The second-order valence-electron chi connectivity index (χ2n) is 4.55. The van der Waals surface area contributed by atoms with Crippen molar-refractivity contribution >= 4 is 15.7 Å². The van der Waals surface area contributed by atoms with Crippen molar-refractivity contribution in [3.05, 3.63) is 47.7 Å². The fourth-order valence-electron chi connectivity index (χ4n) is 1.66. The lowest BCUT2D eigenvalue weighted by Gasteiger charge is -2.08. The summed E-state index contributed by atoms with van der Waals surface area (Å²) < 4.78 is 30.2. The SMILES string of the molecule is CN(C)S(=O)(=O)c1ccc(CNc2cccc(C#N)c2)o1. The molecule has 2 rings (SSSR count). The summed E-state index contributed by atoms with van der Waals surface area (Å²) >= 11 is 0. The lowest BCUT2D eigenvalue weighted by molar-refractivity contribution is 0.402. The molecule has 1 aromatic heterocycles. The zero-order valence-electron chi connectivity index (χ0n) is 11.7. The van der Waals surface area contributed by atoms with Crippen molar-refractivity contribution in [3.63, 3.8) is 0 Å². The summed E-state index contributed by atoms with van der Waals surface area (Å²) in [5, 5.41) is 11.8. The van der Waals surface area contributed by atoms with Gasteiger partial charge in [-0.15, -0.1) is 0 Å². The number of hydrogen-bond donors (Lipinski definition) is 1. The lowest BCUT2D eigenvalue weighted by atomic mass is 10.2. The first-order valence-electron chi connectivity index (χ1n) is 6.19. The van der Waals surface area contributed by atoms with Crippen LogP contribution in [-0.4, -0.2) is 26.8 Å². The number of benzene rings is 1. The minimum atomic E-state index is -3.55. The summed E-state index contributed by atoms with van der Waals surface area (Å²) in [6, 6.07) is 12.1. The van der Waals surface area contributed by atoms with E-state index in [9.17, 15) is 8.42 Å². The Morgan fingerprint density at radius 2 is 2.05 bits per heavy atom. The number of rotatable bonds is 5. The summed E-state index contributed by atoms with van der Waals surface area (Å²) in [6.45, 7) is 0.331. The summed E-state index contributed by atoms with van der Waals surface area (Å²) in [6.07, 6.45) is 0. The van der Waals surface area contributed by atoms with Gasteiger partial charge in [-0.25, -0.2) is 12.7 Å². The van der Waals surface area contributed by atoms with Crippen molar-refractivity contribution < 1.29 is 12.8 Å². The van der Waals surface area contributed by atoms with Gasteiger partial charge in [0.15, 0.2) is 0 Å². The number of hydrogen-bond acceptors (Lipinski definition) is 5. The summed E-state index contributed by atoms with van der Waals surface area (Å²) in [4.78, 5) is 0. The van der Waals surface area contributed by atoms with Crippen LogP contribution < -0.4 is 5.32 Å². The standard InChI is InChI=1S/C14H15N3O3S/c1-17(2)21(18,19)14-7-6-13(20-14)10-16-12-5-3-4-11(8-12)9-15/h3-8,16H,10H2,1-2H3. The first-order valence-corrected chi connectivity index (χ1v) is 7.63. The van der Waals surface area contributed by atoms with Crippen LogP contribution in [-0.2, 0) is 16.6 Å². The smallest absolute Gasteiger partial charge is 0.275 e. The second kappa shape index (κ2) is 5.99. The van der Waals surface area contributed by atoms with Crippen LogP contribution in [0, 0.1) is 11.3 Å². The third-order valence-corrected chi connectivity index (χ3v) is 4.52. The highest BCUT2D eigenvalue weighted by molar-refractivity contribution is 7.88. The van der Waals surface area contributed by atoms with Crippen molar-refractivity contribution in [1.82, 2.24) is 4.31 Å². The van der Waals surface area contributed by atoms with Gasteiger partial charge in [-0.1, -0.05) is 6.07 Å². The molecule has 7 heteroatoms. The Kier molecular flexibility index (Phi) is 4.31. The molecule has 0 spiro atoms. The van der Waals surface area contributed by atoms with E-state index in [1.165, 1.54) is 20.2 Å². The molecular formula is C14H15N3O3S. The molecule has 0 saturated carbocycles. The molecule has 1 heterocycles. The summed E-state index contributed by atoms with van der Waals surface area (Å²) in [7, 11) is -0.659. The molecule has 0 aliphatic carbocycles. The molecule has 0 fully saturated rings. The Labute approximate surface area is 123 Å². The van der Waals surface area contributed by atoms with Gasteiger partial charge in [-0.05, 0) is 30.3 Å². The Hall–Kier alpha value is -2.30. The van der Waals surface area contributed by atoms with Gasteiger partial charge in [0.1, 0.15) is 5.76 Å². The highest BCUT2D eigenvalue weighted by Gasteiger charge is 2.21. The van der Waals surface area contributed by atoms with Crippen molar-refractivity contribution in [2.24, 2.45) is 0 Å². The molecule has 1 N–H and O–H groups in total. The van der Waals surface area contributed by atoms with Crippen LogP contribution in [0.3, 0.4) is 0 Å². The molecule has 110 valence electrons.